The van der Waals surface area contributed by atoms with E-state index in [2.05, 4.69) is 12.6 Å². The van der Waals surface area contributed by atoms with Crippen LogP contribution in [0, 0.1) is 11.3 Å². The number of nitriles is 1. The van der Waals surface area contributed by atoms with Crippen molar-refractivity contribution in [2.45, 2.75) is 79.9 Å². The predicted molar refractivity (Wildman–Crippen MR) is 143 cm³/mol. The second-order valence-electron chi connectivity index (χ2n) is 11.7. The van der Waals surface area contributed by atoms with Gasteiger partial charge in [0.25, 0.3) is 0 Å². The number of likely N-dealkylation sites (tertiary alicyclic amines) is 1. The van der Waals surface area contributed by atoms with E-state index in [-0.39, 0.29) is 37.0 Å². The van der Waals surface area contributed by atoms with E-state index in [1.54, 1.807) is 24.1 Å². The van der Waals surface area contributed by atoms with Gasteiger partial charge in [0.05, 0.1) is 34.7 Å². The molecule has 10 heteroatoms. The number of amides is 1. The van der Waals surface area contributed by atoms with Crippen molar-refractivity contribution >= 4 is 5.91 Å². The number of nitrogens with zero attached hydrogens (tertiary/aromatic N) is 3. The SMILES string of the molecule is C=CCN1C(C#N)C[C@]23c4c5ccc(O)c4OC2C(N(C)C(=O)CCc2ccc(C(F)(F)F)cc2)CC[C@@]3(O)[C@H]1C5. The fourth-order valence-electron chi connectivity index (χ4n) is 8.03. The fourth-order valence-corrected chi connectivity index (χ4v) is 8.03. The number of carbonyl (C=O) groups excluding carboxylic acids is 1. The molecule has 2 aliphatic carbocycles. The molecule has 1 amide bonds. The van der Waals surface area contributed by atoms with Gasteiger partial charge in [0, 0.05) is 31.6 Å². The third-order valence-electron chi connectivity index (χ3n) is 9.91. The lowest BCUT2D eigenvalue weighted by Crippen LogP contribution is -2.79. The van der Waals surface area contributed by atoms with Crippen LogP contribution in [0.2, 0.25) is 0 Å². The number of piperidine rings is 1. The number of hydrogen-bond acceptors (Lipinski definition) is 6. The highest BCUT2D eigenvalue weighted by atomic mass is 19.4. The molecule has 2 bridgehead atoms. The minimum atomic E-state index is -4.42. The lowest BCUT2D eigenvalue weighted by molar-refractivity contribution is -0.205. The van der Waals surface area contributed by atoms with Crippen LogP contribution in [-0.4, -0.2) is 69.3 Å². The number of halogens is 3. The first-order chi connectivity index (χ1) is 19.5. The molecular formula is C31H32F3N3O4. The van der Waals surface area contributed by atoms with Crippen molar-refractivity contribution in [1.82, 2.24) is 9.80 Å². The number of benzene rings is 2. The number of phenols is 1. The van der Waals surface area contributed by atoms with Gasteiger partial charge in [-0.1, -0.05) is 24.3 Å². The maximum Gasteiger partial charge on any atom is 0.416 e. The van der Waals surface area contributed by atoms with Crippen molar-refractivity contribution in [3.63, 3.8) is 0 Å². The van der Waals surface area contributed by atoms with E-state index < -0.39 is 40.9 Å². The van der Waals surface area contributed by atoms with E-state index >= 15 is 0 Å². The average Bonchev–Trinajstić information content (AvgIpc) is 3.29. The summed E-state index contributed by atoms with van der Waals surface area (Å²) in [6, 6.07) is 9.34. The van der Waals surface area contributed by atoms with Gasteiger partial charge in [0.1, 0.15) is 6.10 Å². The molecule has 1 spiro atoms. The smallest absolute Gasteiger partial charge is 0.416 e. The van der Waals surface area contributed by atoms with Crippen molar-refractivity contribution < 1.29 is 32.9 Å². The minimum Gasteiger partial charge on any atom is -0.504 e. The summed E-state index contributed by atoms with van der Waals surface area (Å²) >= 11 is 0. The van der Waals surface area contributed by atoms with Crippen LogP contribution >= 0.6 is 0 Å². The van der Waals surface area contributed by atoms with Crippen LogP contribution in [0.25, 0.3) is 0 Å². The molecule has 4 aliphatic rings. The lowest BCUT2D eigenvalue weighted by atomic mass is 9.47. The third kappa shape index (κ3) is 3.89. The number of ether oxygens (including phenoxy) is 1. The Kier molecular flexibility index (Phi) is 6.40. The standard InChI is InChI=1S/C31H32F3N3O4/c1-3-14-37-21(17-35)16-29-26-19-7-10-23(38)27(26)41-28(29)22(12-13-30(29,40)24(37)15-19)36(2)25(39)11-6-18-4-8-20(9-5-18)31(32,33)34/h3-5,7-10,21-22,24,28,38,40H,1,6,11-16H2,2H3/t21?,22?,24-,28?,29+,30-/m1/s1. The van der Waals surface area contributed by atoms with Gasteiger partial charge in [-0.25, -0.2) is 0 Å². The quantitative estimate of drug-likeness (QED) is 0.511. The zero-order valence-electron chi connectivity index (χ0n) is 22.7. The molecule has 2 aliphatic heterocycles. The van der Waals surface area contributed by atoms with Gasteiger partial charge in [0.2, 0.25) is 5.91 Å². The van der Waals surface area contributed by atoms with Crippen LogP contribution in [-0.2, 0) is 29.2 Å². The predicted octanol–water partition coefficient (Wildman–Crippen LogP) is 4.10. The Balaban J connectivity index is 1.31. The molecule has 2 heterocycles. The van der Waals surface area contributed by atoms with Crippen LogP contribution < -0.4 is 4.74 Å². The van der Waals surface area contributed by atoms with Gasteiger partial charge in [0.15, 0.2) is 11.5 Å². The zero-order valence-corrected chi connectivity index (χ0v) is 22.7. The Morgan fingerprint density at radius 2 is 2.02 bits per heavy atom. The normalized spacial score (nSPS) is 31.5. The van der Waals surface area contributed by atoms with E-state index in [4.69, 9.17) is 4.74 Å². The average molecular weight is 568 g/mol. The maximum absolute atomic E-state index is 13.4. The Bertz CT molecular complexity index is 1440. The summed E-state index contributed by atoms with van der Waals surface area (Å²) in [5, 5.41) is 33.6. The van der Waals surface area contributed by atoms with E-state index in [9.17, 15) is 33.4 Å². The first kappa shape index (κ1) is 27.6. The van der Waals surface area contributed by atoms with E-state index in [0.29, 0.717) is 37.1 Å². The highest BCUT2D eigenvalue weighted by Crippen LogP contribution is 2.66. The van der Waals surface area contributed by atoms with Crippen molar-refractivity contribution in [2.75, 3.05) is 13.6 Å². The Labute approximate surface area is 236 Å². The summed E-state index contributed by atoms with van der Waals surface area (Å²) in [5.74, 6) is 0.0788. The number of rotatable bonds is 6. The molecule has 0 aromatic heterocycles. The summed E-state index contributed by atoms with van der Waals surface area (Å²) in [6.45, 7) is 4.30. The molecule has 41 heavy (non-hydrogen) atoms. The van der Waals surface area contributed by atoms with Crippen LogP contribution in [0.15, 0.2) is 49.1 Å². The molecular weight excluding hydrogens is 535 g/mol. The van der Waals surface area contributed by atoms with Gasteiger partial charge in [-0.3, -0.25) is 9.69 Å². The molecule has 6 rings (SSSR count). The first-order valence-corrected chi connectivity index (χ1v) is 13.9. The Morgan fingerprint density at radius 1 is 1.29 bits per heavy atom. The highest BCUT2D eigenvalue weighted by Gasteiger charge is 2.74. The van der Waals surface area contributed by atoms with Crippen LogP contribution in [0.3, 0.4) is 0 Å². The fraction of sp³-hybridized carbons (Fsp3) is 0.484. The second kappa shape index (κ2) is 9.50. The molecule has 2 fully saturated rings. The number of carbonyl (C=O) groups is 1. The minimum absolute atomic E-state index is 0.0367. The van der Waals surface area contributed by atoms with Gasteiger partial charge in [-0.05, 0) is 61.4 Å². The number of phenolic OH excluding ortho intramolecular Hbond substituents is 1. The third-order valence-corrected chi connectivity index (χ3v) is 9.91. The topological polar surface area (TPSA) is 97.0 Å². The first-order valence-electron chi connectivity index (χ1n) is 13.9. The summed E-state index contributed by atoms with van der Waals surface area (Å²) in [7, 11) is 1.68. The zero-order chi connectivity index (χ0) is 29.3. The van der Waals surface area contributed by atoms with E-state index in [0.717, 1.165) is 23.3 Å². The van der Waals surface area contributed by atoms with Crippen LogP contribution in [0.1, 0.15) is 47.9 Å². The molecule has 2 N–H and O–H groups in total. The van der Waals surface area contributed by atoms with Gasteiger partial charge < -0.3 is 19.8 Å². The number of aromatic hydroxyl groups is 1. The van der Waals surface area contributed by atoms with Crippen molar-refractivity contribution in [2.24, 2.45) is 0 Å². The summed E-state index contributed by atoms with van der Waals surface area (Å²) in [4.78, 5) is 17.1. The number of aliphatic hydroxyl groups is 1. The van der Waals surface area contributed by atoms with E-state index in [1.165, 1.54) is 12.1 Å². The maximum atomic E-state index is 13.4. The molecule has 2 aromatic rings. The van der Waals surface area contributed by atoms with Crippen molar-refractivity contribution in [3.8, 4) is 17.6 Å². The number of alkyl halides is 3. The second-order valence-corrected chi connectivity index (χ2v) is 11.7. The number of aryl methyl sites for hydroxylation is 1. The number of hydrogen-bond donors (Lipinski definition) is 2. The number of likely N-dealkylation sites (N-methyl/N-ethyl adjacent to an activating group) is 1. The molecule has 2 aromatic carbocycles. The molecule has 1 saturated carbocycles. The molecule has 216 valence electrons. The largest absolute Gasteiger partial charge is 0.504 e. The van der Waals surface area contributed by atoms with Crippen molar-refractivity contribution in [1.29, 1.82) is 5.26 Å². The summed E-state index contributed by atoms with van der Waals surface area (Å²) in [6.07, 6.45) is -1.41. The molecule has 0 radical (unpaired) electrons. The van der Waals surface area contributed by atoms with E-state index in [1.807, 2.05) is 11.0 Å². The Morgan fingerprint density at radius 3 is 2.68 bits per heavy atom. The van der Waals surface area contributed by atoms with Crippen molar-refractivity contribution in [3.05, 3.63) is 71.3 Å². The van der Waals surface area contributed by atoms with Gasteiger partial charge in [-0.15, -0.1) is 6.58 Å². The van der Waals surface area contributed by atoms with Gasteiger partial charge in [-0.2, -0.15) is 18.4 Å². The molecule has 7 nitrogen and oxygen atoms in total. The van der Waals surface area contributed by atoms with Crippen LogP contribution in [0.5, 0.6) is 11.5 Å². The molecule has 1 saturated heterocycles. The summed E-state index contributed by atoms with van der Waals surface area (Å²) < 4.78 is 45.3. The monoisotopic (exact) mass is 567 g/mol. The highest BCUT2D eigenvalue weighted by molar-refractivity contribution is 5.77. The van der Waals surface area contributed by atoms with Gasteiger partial charge >= 0.3 is 6.18 Å². The summed E-state index contributed by atoms with van der Waals surface area (Å²) in [5.41, 5.74) is -0.660. The molecule has 3 unspecified atom stereocenters. The van der Waals surface area contributed by atoms with Crippen LogP contribution in [0.4, 0.5) is 13.2 Å². The lowest BCUT2D eigenvalue weighted by Gasteiger charge is -2.65. The Hall–Kier alpha value is -3.55. The molecule has 6 atom stereocenters.